The van der Waals surface area contributed by atoms with Gasteiger partial charge in [-0.05, 0) is 37.1 Å². The SMILES string of the molecule is O=C(Nc1ccc(C(=O)N2CCN(Cc3cncs3)CC2)cc1)NC1CC1. The molecule has 1 saturated heterocycles. The highest BCUT2D eigenvalue weighted by Gasteiger charge is 2.24. The van der Waals surface area contributed by atoms with E-state index in [2.05, 4.69) is 20.5 Å². The van der Waals surface area contributed by atoms with Gasteiger partial charge in [-0.25, -0.2) is 4.79 Å². The normalized spacial score (nSPS) is 17.6. The molecule has 0 bridgehead atoms. The molecule has 1 aromatic carbocycles. The van der Waals surface area contributed by atoms with E-state index in [9.17, 15) is 9.59 Å². The summed E-state index contributed by atoms with van der Waals surface area (Å²) >= 11 is 1.66. The Morgan fingerprint density at radius 3 is 2.48 bits per heavy atom. The summed E-state index contributed by atoms with van der Waals surface area (Å²) in [6.45, 7) is 4.08. The van der Waals surface area contributed by atoms with Gasteiger partial charge in [0, 0.05) is 61.1 Å². The van der Waals surface area contributed by atoms with Gasteiger partial charge in [-0.3, -0.25) is 14.7 Å². The predicted molar refractivity (Wildman–Crippen MR) is 105 cm³/mol. The third kappa shape index (κ3) is 4.84. The number of hydrogen-bond acceptors (Lipinski definition) is 5. The lowest BCUT2D eigenvalue weighted by molar-refractivity contribution is 0.0629. The van der Waals surface area contributed by atoms with E-state index in [1.54, 1.807) is 35.6 Å². The molecule has 4 rings (SSSR count). The van der Waals surface area contributed by atoms with Crippen LogP contribution in [-0.4, -0.2) is 58.9 Å². The number of amides is 3. The van der Waals surface area contributed by atoms with E-state index in [0.717, 1.165) is 45.6 Å². The summed E-state index contributed by atoms with van der Waals surface area (Å²) in [4.78, 5) is 34.1. The first kappa shape index (κ1) is 17.9. The Morgan fingerprint density at radius 1 is 1.11 bits per heavy atom. The Kier molecular flexibility index (Phi) is 5.35. The standard InChI is InChI=1S/C19H23N5O2S/c25-18(24-9-7-23(8-10-24)12-17-11-20-13-27-17)14-1-3-15(4-2-14)21-19(26)22-16-5-6-16/h1-4,11,13,16H,5-10,12H2,(H2,21,22,26). The van der Waals surface area contributed by atoms with Crippen LogP contribution >= 0.6 is 11.3 Å². The number of nitrogens with one attached hydrogen (secondary N) is 2. The average Bonchev–Trinajstić information content (AvgIpc) is 3.34. The number of benzene rings is 1. The summed E-state index contributed by atoms with van der Waals surface area (Å²) in [6, 6.07) is 7.24. The van der Waals surface area contributed by atoms with Crippen LogP contribution in [-0.2, 0) is 6.54 Å². The molecule has 3 amide bonds. The van der Waals surface area contributed by atoms with Gasteiger partial charge >= 0.3 is 6.03 Å². The molecule has 1 aliphatic heterocycles. The summed E-state index contributed by atoms with van der Waals surface area (Å²) in [5, 5.41) is 5.68. The van der Waals surface area contributed by atoms with E-state index in [4.69, 9.17) is 0 Å². The van der Waals surface area contributed by atoms with Crippen molar-refractivity contribution in [1.82, 2.24) is 20.1 Å². The Labute approximate surface area is 162 Å². The number of rotatable bonds is 5. The molecule has 8 heteroatoms. The van der Waals surface area contributed by atoms with Gasteiger partial charge in [-0.15, -0.1) is 11.3 Å². The van der Waals surface area contributed by atoms with Crippen LogP contribution in [0, 0.1) is 0 Å². The number of carbonyl (C=O) groups excluding carboxylic acids is 2. The molecule has 2 heterocycles. The Balaban J connectivity index is 1.27. The van der Waals surface area contributed by atoms with Crippen LogP contribution in [0.5, 0.6) is 0 Å². The summed E-state index contributed by atoms with van der Waals surface area (Å²) in [6.07, 6.45) is 4.01. The second kappa shape index (κ2) is 8.06. The maximum absolute atomic E-state index is 12.7. The van der Waals surface area contributed by atoms with Crippen molar-refractivity contribution in [2.75, 3.05) is 31.5 Å². The minimum absolute atomic E-state index is 0.0430. The van der Waals surface area contributed by atoms with Crippen LogP contribution < -0.4 is 10.6 Å². The van der Waals surface area contributed by atoms with E-state index >= 15 is 0 Å². The van der Waals surface area contributed by atoms with Gasteiger partial charge in [-0.1, -0.05) is 0 Å². The number of nitrogens with zero attached hydrogens (tertiary/aromatic N) is 3. The van der Waals surface area contributed by atoms with E-state index in [1.807, 2.05) is 16.6 Å². The zero-order valence-electron chi connectivity index (χ0n) is 15.1. The molecule has 1 aliphatic carbocycles. The summed E-state index contributed by atoms with van der Waals surface area (Å²) < 4.78 is 0. The minimum Gasteiger partial charge on any atom is -0.336 e. The predicted octanol–water partition coefficient (Wildman–Crippen LogP) is 2.39. The number of urea groups is 1. The molecule has 1 aromatic heterocycles. The second-order valence-electron chi connectivity index (χ2n) is 6.99. The molecule has 0 unspecified atom stereocenters. The molecule has 0 atom stereocenters. The fraction of sp³-hybridized carbons (Fsp3) is 0.421. The summed E-state index contributed by atoms with van der Waals surface area (Å²) in [5.74, 6) is 0.0430. The van der Waals surface area contributed by atoms with Crippen molar-refractivity contribution in [2.45, 2.75) is 25.4 Å². The second-order valence-corrected chi connectivity index (χ2v) is 7.96. The maximum Gasteiger partial charge on any atom is 0.319 e. The monoisotopic (exact) mass is 385 g/mol. The molecule has 2 aliphatic rings. The van der Waals surface area contributed by atoms with Crippen LogP contribution in [0.4, 0.5) is 10.5 Å². The highest BCUT2D eigenvalue weighted by atomic mass is 32.1. The van der Waals surface area contributed by atoms with Crippen molar-refractivity contribution >= 4 is 29.0 Å². The van der Waals surface area contributed by atoms with Gasteiger partial charge < -0.3 is 15.5 Å². The first-order valence-corrected chi connectivity index (χ1v) is 10.1. The van der Waals surface area contributed by atoms with Gasteiger partial charge in [-0.2, -0.15) is 0 Å². The van der Waals surface area contributed by atoms with Crippen molar-refractivity contribution < 1.29 is 9.59 Å². The van der Waals surface area contributed by atoms with Gasteiger partial charge in [0.25, 0.3) is 5.91 Å². The molecule has 27 heavy (non-hydrogen) atoms. The van der Waals surface area contributed by atoms with Crippen LogP contribution in [0.15, 0.2) is 36.0 Å². The molecule has 0 spiro atoms. The number of aromatic nitrogens is 1. The number of anilines is 1. The number of piperazine rings is 1. The van der Waals surface area contributed by atoms with E-state index in [1.165, 1.54) is 4.88 Å². The highest BCUT2D eigenvalue weighted by molar-refractivity contribution is 7.09. The topological polar surface area (TPSA) is 77.6 Å². The van der Waals surface area contributed by atoms with Crippen LogP contribution in [0.3, 0.4) is 0 Å². The Bertz CT molecular complexity index is 781. The summed E-state index contributed by atoms with van der Waals surface area (Å²) in [5.41, 5.74) is 3.20. The van der Waals surface area contributed by atoms with E-state index < -0.39 is 0 Å². The molecular formula is C19H23N5O2S. The van der Waals surface area contributed by atoms with Gasteiger partial charge in [0.05, 0.1) is 5.51 Å². The molecule has 2 aromatic rings. The lowest BCUT2D eigenvalue weighted by Crippen LogP contribution is -2.48. The van der Waals surface area contributed by atoms with Crippen molar-refractivity contribution in [3.8, 4) is 0 Å². The fourth-order valence-corrected chi connectivity index (χ4v) is 3.74. The number of thiazole rings is 1. The van der Waals surface area contributed by atoms with Crippen molar-refractivity contribution in [3.05, 3.63) is 46.4 Å². The smallest absolute Gasteiger partial charge is 0.319 e. The lowest BCUT2D eigenvalue weighted by atomic mass is 10.1. The first-order valence-electron chi connectivity index (χ1n) is 9.24. The zero-order chi connectivity index (χ0) is 18.6. The maximum atomic E-state index is 12.7. The van der Waals surface area contributed by atoms with Gasteiger partial charge in [0.15, 0.2) is 0 Å². The molecular weight excluding hydrogens is 362 g/mol. The van der Waals surface area contributed by atoms with E-state index in [0.29, 0.717) is 17.3 Å². The minimum atomic E-state index is -0.186. The third-order valence-electron chi connectivity index (χ3n) is 4.82. The number of hydrogen-bond donors (Lipinski definition) is 2. The zero-order valence-corrected chi connectivity index (χ0v) is 15.9. The van der Waals surface area contributed by atoms with Crippen molar-refractivity contribution in [2.24, 2.45) is 0 Å². The first-order chi connectivity index (χ1) is 13.2. The lowest BCUT2D eigenvalue weighted by Gasteiger charge is -2.34. The third-order valence-corrected chi connectivity index (χ3v) is 5.59. The highest BCUT2D eigenvalue weighted by Crippen LogP contribution is 2.19. The largest absolute Gasteiger partial charge is 0.336 e. The molecule has 2 fully saturated rings. The Hall–Kier alpha value is -2.45. The van der Waals surface area contributed by atoms with Crippen LogP contribution in [0.25, 0.3) is 0 Å². The van der Waals surface area contributed by atoms with E-state index in [-0.39, 0.29) is 11.9 Å². The molecule has 142 valence electrons. The van der Waals surface area contributed by atoms with Crippen LogP contribution in [0.2, 0.25) is 0 Å². The van der Waals surface area contributed by atoms with Crippen molar-refractivity contribution in [3.63, 3.8) is 0 Å². The molecule has 2 N–H and O–H groups in total. The van der Waals surface area contributed by atoms with Crippen molar-refractivity contribution in [1.29, 1.82) is 0 Å². The summed E-state index contributed by atoms with van der Waals surface area (Å²) in [7, 11) is 0. The molecule has 0 radical (unpaired) electrons. The average molecular weight is 385 g/mol. The van der Waals surface area contributed by atoms with Gasteiger partial charge in [0.1, 0.15) is 0 Å². The molecule has 7 nitrogen and oxygen atoms in total. The molecule has 1 saturated carbocycles. The van der Waals surface area contributed by atoms with Gasteiger partial charge in [0.2, 0.25) is 0 Å². The Morgan fingerprint density at radius 2 is 1.85 bits per heavy atom. The fourth-order valence-electron chi connectivity index (χ4n) is 3.11. The number of carbonyl (C=O) groups is 2. The quantitative estimate of drug-likeness (QED) is 0.828. The van der Waals surface area contributed by atoms with Crippen LogP contribution in [0.1, 0.15) is 28.1 Å².